The zero-order chi connectivity index (χ0) is 9.78. The lowest BCUT2D eigenvalue weighted by molar-refractivity contribution is 0.613. The highest BCUT2D eigenvalue weighted by Gasteiger charge is 1.89. The smallest absolute Gasteiger partial charge is 0.00313 e. The van der Waals surface area contributed by atoms with Gasteiger partial charge in [0.25, 0.3) is 0 Å². The summed E-state index contributed by atoms with van der Waals surface area (Å²) in [4.78, 5) is 0. The topological polar surface area (TPSA) is 0 Å². The molecule has 0 fully saturated rings. The van der Waals surface area contributed by atoms with Gasteiger partial charge in [-0.1, -0.05) is 60.7 Å². The molecule has 0 spiro atoms. The minimum Gasteiger partial charge on any atom is -0.0928 e. The lowest BCUT2D eigenvalue weighted by atomic mass is 10.1. The van der Waals surface area contributed by atoms with Crippen molar-refractivity contribution >= 4 is 15.9 Å². The fraction of sp³-hybridized carbons (Fsp3) is 0.833. The molecule has 0 aromatic heterocycles. The van der Waals surface area contributed by atoms with Crippen LogP contribution in [-0.2, 0) is 0 Å². The summed E-state index contributed by atoms with van der Waals surface area (Å²) in [5.74, 6) is 0. The van der Waals surface area contributed by atoms with E-state index in [0.717, 1.165) is 0 Å². The van der Waals surface area contributed by atoms with Gasteiger partial charge < -0.3 is 0 Å². The molecule has 0 N–H and O–H groups in total. The molecular weight excluding hydrogens is 224 g/mol. The van der Waals surface area contributed by atoms with Gasteiger partial charge in [-0.25, -0.2) is 0 Å². The van der Waals surface area contributed by atoms with E-state index in [1.54, 1.807) is 0 Å². The van der Waals surface area contributed by atoms with Gasteiger partial charge in [0.1, 0.15) is 0 Å². The molecule has 0 saturated heterocycles. The normalized spacial score (nSPS) is 11.2. The largest absolute Gasteiger partial charge is 0.0928 e. The van der Waals surface area contributed by atoms with Gasteiger partial charge in [0.2, 0.25) is 0 Å². The van der Waals surface area contributed by atoms with E-state index < -0.39 is 0 Å². The third kappa shape index (κ3) is 12.2. The Balaban J connectivity index is 2.87. The molecule has 0 radical (unpaired) electrons. The van der Waals surface area contributed by atoms with Crippen molar-refractivity contribution in [1.29, 1.82) is 0 Å². The van der Waals surface area contributed by atoms with Crippen LogP contribution in [0, 0.1) is 0 Å². The van der Waals surface area contributed by atoms with Crippen LogP contribution in [-0.4, -0.2) is 5.33 Å². The zero-order valence-electron chi connectivity index (χ0n) is 8.90. The fourth-order valence-electron chi connectivity index (χ4n) is 1.35. The molecule has 0 heterocycles. The zero-order valence-corrected chi connectivity index (χ0v) is 10.5. The van der Waals surface area contributed by atoms with E-state index in [1.165, 1.54) is 56.7 Å². The Kier molecular flexibility index (Phi) is 12.4. The minimum atomic E-state index is 1.17. The van der Waals surface area contributed by atoms with Crippen LogP contribution in [0.25, 0.3) is 0 Å². The van der Waals surface area contributed by atoms with Crippen LogP contribution in [0.4, 0.5) is 0 Å². The van der Waals surface area contributed by atoms with Crippen LogP contribution >= 0.6 is 15.9 Å². The highest BCUT2D eigenvalue weighted by atomic mass is 79.9. The minimum absolute atomic E-state index is 1.17. The first-order chi connectivity index (χ1) is 6.41. The van der Waals surface area contributed by atoms with Crippen LogP contribution in [0.5, 0.6) is 0 Å². The summed E-state index contributed by atoms with van der Waals surface area (Å²) in [5, 5.41) is 1.17. The van der Waals surface area contributed by atoms with Crippen molar-refractivity contribution in [3.05, 3.63) is 12.2 Å². The van der Waals surface area contributed by atoms with E-state index in [-0.39, 0.29) is 0 Å². The predicted octanol–water partition coefficient (Wildman–Crippen LogP) is 5.08. The molecule has 0 atom stereocenters. The lowest BCUT2D eigenvalue weighted by Gasteiger charge is -1.98. The molecular formula is C12H23Br. The van der Waals surface area contributed by atoms with Crippen LogP contribution in [0.1, 0.15) is 58.3 Å². The number of unbranched alkanes of at least 4 members (excludes halogenated alkanes) is 6. The monoisotopic (exact) mass is 246 g/mol. The van der Waals surface area contributed by atoms with Gasteiger partial charge in [0.05, 0.1) is 0 Å². The van der Waals surface area contributed by atoms with Crippen molar-refractivity contribution in [3.63, 3.8) is 0 Å². The first-order valence-electron chi connectivity index (χ1n) is 5.62. The summed E-state index contributed by atoms with van der Waals surface area (Å²) in [6.45, 7) is 2.19. The summed E-state index contributed by atoms with van der Waals surface area (Å²) in [7, 11) is 0. The number of allylic oxidation sites excluding steroid dienone is 2. The molecule has 0 aromatic carbocycles. The van der Waals surface area contributed by atoms with Crippen LogP contribution < -0.4 is 0 Å². The van der Waals surface area contributed by atoms with E-state index in [0.29, 0.717) is 0 Å². The molecule has 0 amide bonds. The Bertz CT molecular complexity index is 108. The average molecular weight is 247 g/mol. The highest BCUT2D eigenvalue weighted by molar-refractivity contribution is 9.09. The second-order valence-electron chi connectivity index (χ2n) is 3.48. The quantitative estimate of drug-likeness (QED) is 0.303. The van der Waals surface area contributed by atoms with E-state index in [4.69, 9.17) is 0 Å². The summed E-state index contributed by atoms with van der Waals surface area (Å²) < 4.78 is 0. The third-order valence-corrected chi connectivity index (χ3v) is 2.72. The van der Waals surface area contributed by atoms with E-state index in [9.17, 15) is 0 Å². The molecule has 0 aliphatic heterocycles. The van der Waals surface area contributed by atoms with Crippen molar-refractivity contribution in [2.45, 2.75) is 58.3 Å². The summed E-state index contributed by atoms with van der Waals surface area (Å²) >= 11 is 3.45. The first-order valence-corrected chi connectivity index (χ1v) is 6.75. The van der Waals surface area contributed by atoms with Gasteiger partial charge in [-0.15, -0.1) is 0 Å². The molecule has 78 valence electrons. The number of halogens is 1. The van der Waals surface area contributed by atoms with Crippen molar-refractivity contribution in [2.75, 3.05) is 5.33 Å². The molecule has 13 heavy (non-hydrogen) atoms. The SMILES string of the molecule is CCC=CCCCCCCCCBr. The Morgan fingerprint density at radius 3 is 2.08 bits per heavy atom. The van der Waals surface area contributed by atoms with Gasteiger partial charge in [-0.2, -0.15) is 0 Å². The Morgan fingerprint density at radius 2 is 1.46 bits per heavy atom. The number of hydrogen-bond acceptors (Lipinski definition) is 0. The molecule has 0 unspecified atom stereocenters. The molecule has 0 aliphatic carbocycles. The maximum atomic E-state index is 3.45. The predicted molar refractivity (Wildman–Crippen MR) is 65.5 cm³/mol. The average Bonchev–Trinajstić information content (AvgIpc) is 2.16. The van der Waals surface area contributed by atoms with Crippen molar-refractivity contribution in [2.24, 2.45) is 0 Å². The van der Waals surface area contributed by atoms with Gasteiger partial charge in [-0.05, 0) is 25.7 Å². The number of alkyl halides is 1. The Hall–Kier alpha value is 0.220. The summed E-state index contributed by atoms with van der Waals surface area (Å²) in [6, 6.07) is 0. The van der Waals surface area contributed by atoms with Crippen LogP contribution in [0.15, 0.2) is 12.2 Å². The van der Waals surface area contributed by atoms with Crippen molar-refractivity contribution in [3.8, 4) is 0 Å². The fourth-order valence-corrected chi connectivity index (χ4v) is 1.74. The second-order valence-corrected chi connectivity index (χ2v) is 4.27. The van der Waals surface area contributed by atoms with E-state index >= 15 is 0 Å². The van der Waals surface area contributed by atoms with Gasteiger partial charge >= 0.3 is 0 Å². The van der Waals surface area contributed by atoms with Gasteiger partial charge in [-0.3, -0.25) is 0 Å². The van der Waals surface area contributed by atoms with E-state index in [1.807, 2.05) is 0 Å². The lowest BCUT2D eigenvalue weighted by Crippen LogP contribution is -1.80. The summed E-state index contributed by atoms with van der Waals surface area (Å²) in [5.41, 5.74) is 0. The van der Waals surface area contributed by atoms with Crippen molar-refractivity contribution < 1.29 is 0 Å². The van der Waals surface area contributed by atoms with Crippen LogP contribution in [0.3, 0.4) is 0 Å². The Morgan fingerprint density at radius 1 is 0.846 bits per heavy atom. The molecule has 0 saturated carbocycles. The molecule has 0 bridgehead atoms. The maximum Gasteiger partial charge on any atom is 0.00313 e. The Labute approximate surface area is 91.9 Å². The standard InChI is InChI=1S/C12H23Br/c1-2-3-4-5-6-7-8-9-10-11-12-13/h3-4H,2,5-12H2,1H3. The van der Waals surface area contributed by atoms with Crippen molar-refractivity contribution in [1.82, 2.24) is 0 Å². The van der Waals surface area contributed by atoms with Crippen LogP contribution in [0.2, 0.25) is 0 Å². The number of rotatable bonds is 9. The maximum absolute atomic E-state index is 3.45. The van der Waals surface area contributed by atoms with Gasteiger partial charge in [0.15, 0.2) is 0 Å². The molecule has 0 aromatic rings. The molecule has 0 aliphatic rings. The van der Waals surface area contributed by atoms with Gasteiger partial charge in [0, 0.05) is 5.33 Å². The first kappa shape index (κ1) is 13.2. The van der Waals surface area contributed by atoms with E-state index in [2.05, 4.69) is 35.0 Å². The summed E-state index contributed by atoms with van der Waals surface area (Å²) in [6.07, 6.45) is 15.4. The molecule has 0 nitrogen and oxygen atoms in total. The number of hydrogen-bond donors (Lipinski definition) is 0. The molecule has 0 rings (SSSR count). The molecule has 1 heteroatoms. The second kappa shape index (κ2) is 12.2. The highest BCUT2D eigenvalue weighted by Crippen LogP contribution is 2.08. The third-order valence-electron chi connectivity index (χ3n) is 2.16.